The smallest absolute Gasteiger partial charge is 0.216 e. The van der Waals surface area contributed by atoms with Crippen LogP contribution < -0.4 is 0 Å². The number of H-pyrrole nitrogens is 1. The SMILES string of the molecule is Cc1nn(-c2ccc(F)cc2)c(C)c1/C=N/n1c([C@@H]2CCCO2)n[nH]c1=S. The van der Waals surface area contributed by atoms with Gasteiger partial charge in [-0.05, 0) is 63.2 Å². The zero-order chi connectivity index (χ0) is 19.0. The van der Waals surface area contributed by atoms with Crippen molar-refractivity contribution in [2.24, 2.45) is 5.10 Å². The molecule has 3 heterocycles. The molecule has 9 heteroatoms. The van der Waals surface area contributed by atoms with Crippen LogP contribution in [0.25, 0.3) is 5.69 Å². The maximum Gasteiger partial charge on any atom is 0.216 e. The molecule has 27 heavy (non-hydrogen) atoms. The molecule has 4 rings (SSSR count). The molecule has 0 bridgehead atoms. The van der Waals surface area contributed by atoms with Crippen molar-refractivity contribution < 1.29 is 9.13 Å². The van der Waals surface area contributed by atoms with Crippen LogP contribution in [0.1, 0.15) is 41.7 Å². The van der Waals surface area contributed by atoms with E-state index in [0.29, 0.717) is 10.6 Å². The maximum absolute atomic E-state index is 13.2. The van der Waals surface area contributed by atoms with Gasteiger partial charge >= 0.3 is 0 Å². The normalized spacial score (nSPS) is 17.2. The molecule has 7 nitrogen and oxygen atoms in total. The van der Waals surface area contributed by atoms with Crippen LogP contribution in [0, 0.1) is 24.4 Å². The monoisotopic (exact) mass is 386 g/mol. The number of hydrogen-bond donors (Lipinski definition) is 1. The highest BCUT2D eigenvalue weighted by Crippen LogP contribution is 2.27. The molecule has 0 unspecified atom stereocenters. The predicted octanol–water partition coefficient (Wildman–Crippen LogP) is 3.62. The number of halogens is 1. The van der Waals surface area contributed by atoms with Gasteiger partial charge in [-0.25, -0.2) is 9.07 Å². The lowest BCUT2D eigenvalue weighted by Crippen LogP contribution is -2.05. The number of ether oxygens (including phenoxy) is 1. The molecule has 1 aromatic carbocycles. The molecule has 140 valence electrons. The van der Waals surface area contributed by atoms with Gasteiger partial charge in [0.15, 0.2) is 5.82 Å². The van der Waals surface area contributed by atoms with Crippen LogP contribution >= 0.6 is 12.2 Å². The van der Waals surface area contributed by atoms with Gasteiger partial charge < -0.3 is 4.74 Å². The summed E-state index contributed by atoms with van der Waals surface area (Å²) in [5, 5.41) is 16.1. The molecule has 1 atom stereocenters. The van der Waals surface area contributed by atoms with Crippen molar-refractivity contribution in [1.82, 2.24) is 24.7 Å². The molecular formula is C18H19FN6OS. The fourth-order valence-corrected chi connectivity index (χ4v) is 3.38. The Labute approximate surface area is 160 Å². The van der Waals surface area contributed by atoms with E-state index in [1.165, 1.54) is 12.1 Å². The highest BCUT2D eigenvalue weighted by atomic mass is 32.1. The minimum Gasteiger partial charge on any atom is -0.370 e. The average Bonchev–Trinajstić information content (AvgIpc) is 3.36. The van der Waals surface area contributed by atoms with Crippen molar-refractivity contribution in [3.8, 4) is 5.69 Å². The number of nitrogens with one attached hydrogen (secondary N) is 1. The molecule has 1 aliphatic heterocycles. The summed E-state index contributed by atoms with van der Waals surface area (Å²) in [6, 6.07) is 6.21. The van der Waals surface area contributed by atoms with E-state index in [4.69, 9.17) is 17.0 Å². The highest BCUT2D eigenvalue weighted by molar-refractivity contribution is 7.71. The molecule has 1 saturated heterocycles. The Morgan fingerprint density at radius 1 is 1.33 bits per heavy atom. The molecule has 0 aliphatic carbocycles. The average molecular weight is 386 g/mol. The summed E-state index contributed by atoms with van der Waals surface area (Å²) in [6.07, 6.45) is 3.52. The third-order valence-corrected chi connectivity index (χ3v) is 4.88. The Bertz CT molecular complexity index is 1040. The maximum atomic E-state index is 13.2. The van der Waals surface area contributed by atoms with Crippen molar-refractivity contribution >= 4 is 18.4 Å². The van der Waals surface area contributed by atoms with Gasteiger partial charge in [0.25, 0.3) is 0 Å². The summed E-state index contributed by atoms with van der Waals surface area (Å²) in [5.74, 6) is 0.396. The molecule has 0 saturated carbocycles. The first kappa shape index (κ1) is 17.7. The minimum atomic E-state index is -0.280. The summed E-state index contributed by atoms with van der Waals surface area (Å²) < 4.78 is 22.7. The van der Waals surface area contributed by atoms with Gasteiger partial charge in [-0.15, -0.1) is 0 Å². The van der Waals surface area contributed by atoms with E-state index < -0.39 is 0 Å². The van der Waals surface area contributed by atoms with Crippen molar-refractivity contribution in [3.63, 3.8) is 0 Å². The van der Waals surface area contributed by atoms with E-state index in [-0.39, 0.29) is 11.9 Å². The second kappa shape index (κ2) is 7.16. The first-order chi connectivity index (χ1) is 13.0. The number of hydrogen-bond acceptors (Lipinski definition) is 5. The Balaban J connectivity index is 1.69. The zero-order valence-electron chi connectivity index (χ0n) is 15.0. The molecule has 0 spiro atoms. The summed E-state index contributed by atoms with van der Waals surface area (Å²) in [6.45, 7) is 4.57. The van der Waals surface area contributed by atoms with Gasteiger partial charge in [0.05, 0.1) is 23.3 Å². The molecule has 1 aliphatic rings. The summed E-state index contributed by atoms with van der Waals surface area (Å²) in [5.41, 5.74) is 3.38. The largest absolute Gasteiger partial charge is 0.370 e. The van der Waals surface area contributed by atoms with Crippen LogP contribution in [0.15, 0.2) is 29.4 Å². The van der Waals surface area contributed by atoms with Crippen LogP contribution in [-0.2, 0) is 4.74 Å². The van der Waals surface area contributed by atoms with Crippen molar-refractivity contribution in [2.45, 2.75) is 32.8 Å². The fourth-order valence-electron chi connectivity index (χ4n) is 3.20. The lowest BCUT2D eigenvalue weighted by atomic mass is 10.2. The van der Waals surface area contributed by atoms with E-state index in [9.17, 15) is 4.39 Å². The predicted molar refractivity (Wildman–Crippen MR) is 101 cm³/mol. The zero-order valence-corrected chi connectivity index (χ0v) is 15.8. The molecule has 2 aromatic heterocycles. The fraction of sp³-hybridized carbons (Fsp3) is 0.333. The molecular weight excluding hydrogens is 367 g/mol. The summed E-state index contributed by atoms with van der Waals surface area (Å²) in [7, 11) is 0. The van der Waals surface area contributed by atoms with E-state index >= 15 is 0 Å². The quantitative estimate of drug-likeness (QED) is 0.549. The van der Waals surface area contributed by atoms with E-state index in [2.05, 4.69) is 20.4 Å². The number of aryl methyl sites for hydroxylation is 1. The Hall–Kier alpha value is -2.65. The van der Waals surface area contributed by atoms with Crippen molar-refractivity contribution in [1.29, 1.82) is 0 Å². The van der Waals surface area contributed by atoms with Gasteiger partial charge in [0.1, 0.15) is 11.9 Å². The van der Waals surface area contributed by atoms with Gasteiger partial charge in [-0.1, -0.05) is 0 Å². The van der Waals surface area contributed by atoms with Crippen LogP contribution in [0.3, 0.4) is 0 Å². The van der Waals surface area contributed by atoms with Crippen LogP contribution in [0.2, 0.25) is 0 Å². The summed E-state index contributed by atoms with van der Waals surface area (Å²) >= 11 is 5.30. The van der Waals surface area contributed by atoms with Gasteiger partial charge in [0, 0.05) is 12.2 Å². The Morgan fingerprint density at radius 3 is 2.81 bits per heavy atom. The third-order valence-electron chi connectivity index (χ3n) is 4.61. The minimum absolute atomic E-state index is 0.0979. The van der Waals surface area contributed by atoms with Gasteiger partial charge in [-0.3, -0.25) is 5.10 Å². The van der Waals surface area contributed by atoms with Gasteiger partial charge in [-0.2, -0.15) is 20.0 Å². The Morgan fingerprint density at radius 2 is 2.11 bits per heavy atom. The number of aromatic nitrogens is 5. The second-order valence-corrected chi connectivity index (χ2v) is 6.80. The van der Waals surface area contributed by atoms with E-state index in [1.807, 2.05) is 13.8 Å². The van der Waals surface area contributed by atoms with Gasteiger partial charge in [0.2, 0.25) is 4.77 Å². The molecule has 3 aromatic rings. The highest BCUT2D eigenvalue weighted by Gasteiger charge is 2.23. The van der Waals surface area contributed by atoms with Crippen LogP contribution in [0.4, 0.5) is 4.39 Å². The standard InChI is InChI=1S/C18H19FN6OS/c1-11-15(12(2)24(23-11)14-7-5-13(19)6-8-14)10-20-25-17(21-22-18(25)27)16-4-3-9-26-16/h5-8,10,16H,3-4,9H2,1-2H3,(H,22,27)/b20-10+/t16-/m0/s1. The Kier molecular flexibility index (Phi) is 4.71. The molecule has 1 fully saturated rings. The number of aromatic amines is 1. The van der Waals surface area contributed by atoms with Crippen LogP contribution in [-0.4, -0.2) is 37.5 Å². The lowest BCUT2D eigenvalue weighted by molar-refractivity contribution is 0.102. The first-order valence-electron chi connectivity index (χ1n) is 8.70. The molecule has 0 amide bonds. The lowest BCUT2D eigenvalue weighted by Gasteiger charge is -2.07. The second-order valence-electron chi connectivity index (χ2n) is 6.42. The number of nitrogens with zero attached hydrogens (tertiary/aromatic N) is 5. The van der Waals surface area contributed by atoms with Crippen molar-refractivity contribution in [3.05, 3.63) is 57.6 Å². The van der Waals surface area contributed by atoms with Crippen molar-refractivity contribution in [2.75, 3.05) is 6.61 Å². The summed E-state index contributed by atoms with van der Waals surface area (Å²) in [4.78, 5) is 0. The third kappa shape index (κ3) is 3.35. The topological polar surface area (TPSA) is 73.0 Å². The van der Waals surface area contributed by atoms with E-state index in [0.717, 1.165) is 42.1 Å². The van der Waals surface area contributed by atoms with E-state index in [1.54, 1.807) is 27.7 Å². The first-order valence-corrected chi connectivity index (χ1v) is 9.11. The number of rotatable bonds is 4. The number of benzene rings is 1. The molecule has 0 radical (unpaired) electrons. The molecule has 1 N–H and O–H groups in total. The van der Waals surface area contributed by atoms with Crippen LogP contribution in [0.5, 0.6) is 0 Å².